The molecule has 0 spiro atoms. The van der Waals surface area contributed by atoms with Crippen LogP contribution in [0, 0.1) is 0 Å². The highest BCUT2D eigenvalue weighted by atomic mass is 31.2. The van der Waals surface area contributed by atoms with E-state index in [4.69, 9.17) is 31.3 Å². The average Bonchev–Trinajstić information content (AvgIpc) is 3.17. The van der Waals surface area contributed by atoms with Crippen LogP contribution in [-0.2, 0) is 40.4 Å². The van der Waals surface area contributed by atoms with Crippen molar-refractivity contribution in [1.29, 1.82) is 0 Å². The lowest BCUT2D eigenvalue weighted by atomic mass is 10.5. The van der Waals surface area contributed by atoms with Gasteiger partial charge in [0, 0.05) is 0 Å². The maximum atomic E-state index is 11.9. The second-order valence-corrected chi connectivity index (χ2v) is 19.9. The molecule has 0 unspecified atom stereocenters. The standard InChI is InChI=1S/C14H32O9P2Si2/c1-26(2,13-5-7-17-24(15)19-9-10-20-24)23-27(3,4)14-6-8-18-25(16)21-11-12-22-25/h5-14H2,1-4H3. The molecular weight excluding hydrogens is 430 g/mol. The van der Waals surface area contributed by atoms with Crippen molar-refractivity contribution < 1.29 is 40.4 Å². The van der Waals surface area contributed by atoms with Crippen LogP contribution in [0.5, 0.6) is 0 Å². The third kappa shape index (κ3) is 8.88. The summed E-state index contributed by atoms with van der Waals surface area (Å²) in [4.78, 5) is 0. The number of hydrogen-bond acceptors (Lipinski definition) is 9. The van der Waals surface area contributed by atoms with Gasteiger partial charge in [0.15, 0.2) is 16.6 Å². The van der Waals surface area contributed by atoms with Crippen LogP contribution in [0.1, 0.15) is 12.8 Å². The van der Waals surface area contributed by atoms with Gasteiger partial charge in [-0.2, -0.15) is 0 Å². The van der Waals surface area contributed by atoms with Gasteiger partial charge in [0.1, 0.15) is 0 Å². The zero-order chi connectivity index (χ0) is 20.0. The molecule has 0 aromatic heterocycles. The first-order valence-corrected chi connectivity index (χ1v) is 18.5. The molecule has 27 heavy (non-hydrogen) atoms. The molecule has 2 fully saturated rings. The highest BCUT2D eigenvalue weighted by Gasteiger charge is 2.35. The summed E-state index contributed by atoms with van der Waals surface area (Å²) < 4.78 is 60.9. The predicted molar refractivity (Wildman–Crippen MR) is 106 cm³/mol. The lowest BCUT2D eigenvalue weighted by Crippen LogP contribution is -2.44. The van der Waals surface area contributed by atoms with Crippen molar-refractivity contribution in [3.05, 3.63) is 0 Å². The molecule has 0 amide bonds. The lowest BCUT2D eigenvalue weighted by molar-refractivity contribution is 0.189. The van der Waals surface area contributed by atoms with Gasteiger partial charge in [-0.1, -0.05) is 0 Å². The fourth-order valence-corrected chi connectivity index (χ4v) is 14.2. The van der Waals surface area contributed by atoms with Crippen LogP contribution in [0.15, 0.2) is 0 Å². The first kappa shape index (κ1) is 23.9. The Kier molecular flexibility index (Phi) is 8.92. The Bertz CT molecular complexity index is 505. The molecule has 0 atom stereocenters. The number of phosphoric ester groups is 2. The second-order valence-electron chi connectivity index (χ2n) is 7.72. The molecule has 2 aliphatic rings. The third-order valence-corrected chi connectivity index (χ3v) is 14.6. The van der Waals surface area contributed by atoms with Crippen LogP contribution in [-0.4, -0.2) is 56.3 Å². The minimum absolute atomic E-state index is 0.317. The lowest BCUT2D eigenvalue weighted by Gasteiger charge is -2.34. The number of hydrogen-bond donors (Lipinski definition) is 0. The van der Waals surface area contributed by atoms with E-state index >= 15 is 0 Å². The first-order valence-electron chi connectivity index (χ1n) is 9.31. The second kappa shape index (κ2) is 10.1. The zero-order valence-electron chi connectivity index (χ0n) is 16.6. The molecule has 0 saturated carbocycles. The van der Waals surface area contributed by atoms with E-state index in [2.05, 4.69) is 26.2 Å². The maximum Gasteiger partial charge on any atom is 0.474 e. The summed E-state index contributed by atoms with van der Waals surface area (Å²) in [7, 11) is -10.4. The van der Waals surface area contributed by atoms with Crippen molar-refractivity contribution >= 4 is 32.3 Å². The van der Waals surface area contributed by atoms with E-state index < -0.39 is 32.3 Å². The Hall–Kier alpha value is 0.614. The number of rotatable bonds is 12. The van der Waals surface area contributed by atoms with Gasteiger partial charge in [0.25, 0.3) is 0 Å². The van der Waals surface area contributed by atoms with Crippen molar-refractivity contribution in [2.75, 3.05) is 39.6 Å². The third-order valence-electron chi connectivity index (χ3n) is 4.06. The Morgan fingerprint density at radius 3 is 1.37 bits per heavy atom. The van der Waals surface area contributed by atoms with Crippen LogP contribution in [0.4, 0.5) is 0 Å². The van der Waals surface area contributed by atoms with Crippen LogP contribution in [0.2, 0.25) is 38.3 Å². The van der Waals surface area contributed by atoms with Gasteiger partial charge in [0.05, 0.1) is 39.6 Å². The molecule has 160 valence electrons. The Labute approximate surface area is 163 Å². The monoisotopic (exact) mass is 462 g/mol. The van der Waals surface area contributed by atoms with E-state index in [-0.39, 0.29) is 0 Å². The summed E-state index contributed by atoms with van der Waals surface area (Å²) >= 11 is 0. The van der Waals surface area contributed by atoms with Crippen LogP contribution in [0.25, 0.3) is 0 Å². The highest BCUT2D eigenvalue weighted by molar-refractivity contribution is 7.49. The van der Waals surface area contributed by atoms with Crippen LogP contribution in [0.3, 0.4) is 0 Å². The van der Waals surface area contributed by atoms with E-state index in [9.17, 15) is 9.13 Å². The van der Waals surface area contributed by atoms with Gasteiger partial charge in [-0.3, -0.25) is 27.1 Å². The molecule has 0 bridgehead atoms. The van der Waals surface area contributed by atoms with Crippen molar-refractivity contribution in [1.82, 2.24) is 0 Å². The van der Waals surface area contributed by atoms with E-state index in [1.54, 1.807) is 0 Å². The van der Waals surface area contributed by atoms with Crippen molar-refractivity contribution in [3.8, 4) is 0 Å². The van der Waals surface area contributed by atoms with E-state index in [1.165, 1.54) is 0 Å². The smallest absolute Gasteiger partial charge is 0.455 e. The van der Waals surface area contributed by atoms with Crippen molar-refractivity contribution in [2.24, 2.45) is 0 Å². The molecule has 0 N–H and O–H groups in total. The molecular formula is C14H32O9P2Si2. The zero-order valence-corrected chi connectivity index (χ0v) is 20.4. The topological polar surface area (TPSA) is 98.8 Å². The molecule has 9 nitrogen and oxygen atoms in total. The minimum atomic E-state index is -3.30. The van der Waals surface area contributed by atoms with Crippen molar-refractivity contribution in [3.63, 3.8) is 0 Å². The molecule has 2 saturated heterocycles. The Balaban J connectivity index is 1.62. The summed E-state index contributed by atoms with van der Waals surface area (Å²) in [5, 5.41) is 0. The van der Waals surface area contributed by atoms with Crippen LogP contribution < -0.4 is 0 Å². The highest BCUT2D eigenvalue weighted by Crippen LogP contribution is 2.53. The Morgan fingerprint density at radius 1 is 0.704 bits per heavy atom. The largest absolute Gasteiger partial charge is 0.474 e. The minimum Gasteiger partial charge on any atom is -0.455 e. The van der Waals surface area contributed by atoms with Gasteiger partial charge >= 0.3 is 15.6 Å². The summed E-state index contributed by atoms with van der Waals surface area (Å²) in [6.07, 6.45) is 1.50. The van der Waals surface area contributed by atoms with Gasteiger partial charge < -0.3 is 4.12 Å². The average molecular weight is 463 g/mol. The first-order chi connectivity index (χ1) is 12.5. The fraction of sp³-hybridized carbons (Fsp3) is 1.00. The van der Waals surface area contributed by atoms with Gasteiger partial charge in [-0.15, -0.1) is 0 Å². The van der Waals surface area contributed by atoms with Crippen LogP contribution >= 0.6 is 15.6 Å². The molecule has 2 rings (SSSR count). The van der Waals surface area contributed by atoms with E-state index in [0.717, 1.165) is 24.9 Å². The molecule has 0 radical (unpaired) electrons. The quantitative estimate of drug-likeness (QED) is 0.235. The van der Waals surface area contributed by atoms with Gasteiger partial charge in [-0.05, 0) is 51.1 Å². The van der Waals surface area contributed by atoms with Gasteiger partial charge in [-0.25, -0.2) is 9.13 Å². The summed E-state index contributed by atoms with van der Waals surface area (Å²) in [6, 6.07) is 1.80. The predicted octanol–water partition coefficient (Wildman–Crippen LogP) is 4.54. The van der Waals surface area contributed by atoms with E-state index in [0.29, 0.717) is 39.6 Å². The molecule has 0 aromatic rings. The van der Waals surface area contributed by atoms with E-state index in [1.807, 2.05) is 0 Å². The molecule has 2 heterocycles. The number of phosphoric acid groups is 2. The fourth-order valence-electron chi connectivity index (χ4n) is 3.02. The van der Waals surface area contributed by atoms with Crippen molar-refractivity contribution in [2.45, 2.75) is 51.1 Å². The molecule has 13 heteroatoms. The Morgan fingerprint density at radius 2 is 1.04 bits per heavy atom. The maximum absolute atomic E-state index is 11.9. The molecule has 2 aliphatic heterocycles. The normalized spacial score (nSPS) is 22.4. The molecule has 0 aromatic carbocycles. The molecule has 0 aliphatic carbocycles. The van der Waals surface area contributed by atoms with Gasteiger partial charge in [0.2, 0.25) is 0 Å². The SMILES string of the molecule is C[Si](C)(CCCOP1(=O)OCCO1)O[Si](C)(C)CCCOP1(=O)OCCO1. The summed E-state index contributed by atoms with van der Waals surface area (Å²) in [5.74, 6) is 0. The summed E-state index contributed by atoms with van der Waals surface area (Å²) in [6.45, 7) is 10.7. The summed E-state index contributed by atoms with van der Waals surface area (Å²) in [5.41, 5.74) is 0.